The summed E-state index contributed by atoms with van der Waals surface area (Å²) in [5, 5.41) is 2.88. The van der Waals surface area contributed by atoms with Crippen LogP contribution < -0.4 is 14.8 Å². The lowest BCUT2D eigenvalue weighted by Gasteiger charge is -2.32. The molecule has 0 spiro atoms. The first kappa shape index (κ1) is 21.6. The number of pyridine rings is 1. The molecule has 1 aliphatic rings. The molecule has 0 bridgehead atoms. The van der Waals surface area contributed by atoms with E-state index in [1.807, 2.05) is 37.3 Å². The average molecular weight is 412 g/mol. The molecule has 0 aliphatic carbocycles. The Balaban J connectivity index is 1.57. The first-order valence-electron chi connectivity index (χ1n) is 10.2. The highest BCUT2D eigenvalue weighted by atomic mass is 16.5. The summed E-state index contributed by atoms with van der Waals surface area (Å²) in [7, 11) is 3.23. The van der Waals surface area contributed by atoms with E-state index in [0.717, 1.165) is 35.6 Å². The van der Waals surface area contributed by atoms with Gasteiger partial charge in [0.1, 0.15) is 17.3 Å². The second-order valence-corrected chi connectivity index (χ2v) is 7.51. The Morgan fingerprint density at radius 1 is 1.20 bits per heavy atom. The van der Waals surface area contributed by atoms with Crippen LogP contribution in [0.2, 0.25) is 0 Å². The fraction of sp³-hybridized carbons (Fsp3) is 0.435. The van der Waals surface area contributed by atoms with Crippen LogP contribution in [0, 0.1) is 12.8 Å². The van der Waals surface area contributed by atoms with Gasteiger partial charge in [-0.1, -0.05) is 6.07 Å². The summed E-state index contributed by atoms with van der Waals surface area (Å²) in [4.78, 5) is 31.6. The van der Waals surface area contributed by atoms with Crippen LogP contribution in [-0.2, 0) is 16.0 Å². The lowest BCUT2D eigenvalue weighted by atomic mass is 9.96. The van der Waals surface area contributed by atoms with Crippen molar-refractivity contribution in [1.82, 2.24) is 9.88 Å². The van der Waals surface area contributed by atoms with Crippen LogP contribution in [0.3, 0.4) is 0 Å². The van der Waals surface area contributed by atoms with Gasteiger partial charge >= 0.3 is 0 Å². The summed E-state index contributed by atoms with van der Waals surface area (Å²) in [6.07, 6.45) is 2.50. The zero-order chi connectivity index (χ0) is 21.5. The average Bonchev–Trinajstić information content (AvgIpc) is 2.77. The zero-order valence-corrected chi connectivity index (χ0v) is 17.8. The van der Waals surface area contributed by atoms with Gasteiger partial charge in [-0.3, -0.25) is 9.59 Å². The number of rotatable bonds is 7. The van der Waals surface area contributed by atoms with E-state index in [2.05, 4.69) is 10.3 Å². The number of hydrogen-bond donors (Lipinski definition) is 1. The second-order valence-electron chi connectivity index (χ2n) is 7.51. The second kappa shape index (κ2) is 10.1. The molecule has 7 heteroatoms. The molecule has 1 N–H and O–H groups in total. The number of piperidine rings is 1. The minimum atomic E-state index is -0.226. The Bertz CT molecular complexity index is 900. The number of methoxy groups -OCH3 is 2. The third-order valence-electron chi connectivity index (χ3n) is 5.38. The number of nitrogens with one attached hydrogen (secondary N) is 1. The van der Waals surface area contributed by atoms with Crippen LogP contribution in [0.25, 0.3) is 0 Å². The summed E-state index contributed by atoms with van der Waals surface area (Å²) < 4.78 is 10.7. The third-order valence-corrected chi connectivity index (χ3v) is 5.38. The van der Waals surface area contributed by atoms with Crippen molar-refractivity contribution < 1.29 is 19.1 Å². The highest BCUT2D eigenvalue weighted by Gasteiger charge is 2.28. The van der Waals surface area contributed by atoms with Crippen molar-refractivity contribution in [2.45, 2.75) is 32.6 Å². The first-order valence-corrected chi connectivity index (χ1v) is 10.2. The Hall–Kier alpha value is -3.09. The Morgan fingerprint density at radius 3 is 2.77 bits per heavy atom. The monoisotopic (exact) mass is 411 g/mol. The van der Waals surface area contributed by atoms with Gasteiger partial charge in [-0.05, 0) is 62.1 Å². The van der Waals surface area contributed by atoms with Crippen LogP contribution in [0.5, 0.6) is 11.5 Å². The van der Waals surface area contributed by atoms with Crippen molar-refractivity contribution in [3.8, 4) is 11.5 Å². The molecule has 1 atom stereocenters. The van der Waals surface area contributed by atoms with Crippen molar-refractivity contribution >= 4 is 17.6 Å². The molecule has 30 heavy (non-hydrogen) atoms. The van der Waals surface area contributed by atoms with Gasteiger partial charge in [-0.25, -0.2) is 4.98 Å². The van der Waals surface area contributed by atoms with Crippen LogP contribution in [0.1, 0.15) is 30.5 Å². The van der Waals surface area contributed by atoms with E-state index >= 15 is 0 Å². The van der Waals surface area contributed by atoms with Crippen molar-refractivity contribution in [3.05, 3.63) is 47.7 Å². The Morgan fingerprint density at radius 2 is 2.03 bits per heavy atom. The number of carbonyl (C=O) groups excluding carboxylic acids is 2. The summed E-state index contributed by atoms with van der Waals surface area (Å²) in [5.74, 6) is 1.76. The fourth-order valence-corrected chi connectivity index (χ4v) is 3.74. The van der Waals surface area contributed by atoms with Gasteiger partial charge in [-0.2, -0.15) is 0 Å². The molecule has 1 aliphatic heterocycles. The van der Waals surface area contributed by atoms with E-state index in [9.17, 15) is 9.59 Å². The van der Waals surface area contributed by atoms with Crippen LogP contribution in [0.15, 0.2) is 36.4 Å². The summed E-state index contributed by atoms with van der Waals surface area (Å²) >= 11 is 0. The predicted molar refractivity (Wildman–Crippen MR) is 115 cm³/mol. The molecule has 2 heterocycles. The van der Waals surface area contributed by atoms with Gasteiger partial charge in [0.2, 0.25) is 11.8 Å². The van der Waals surface area contributed by atoms with Gasteiger partial charge in [-0.15, -0.1) is 0 Å². The normalized spacial score (nSPS) is 16.1. The molecule has 1 aromatic carbocycles. The van der Waals surface area contributed by atoms with Crippen LogP contribution >= 0.6 is 0 Å². The lowest BCUT2D eigenvalue weighted by molar-refractivity contribution is -0.134. The molecule has 1 aromatic heterocycles. The van der Waals surface area contributed by atoms with Gasteiger partial charge < -0.3 is 19.7 Å². The van der Waals surface area contributed by atoms with Crippen molar-refractivity contribution in [2.75, 3.05) is 32.6 Å². The Labute approximate surface area is 177 Å². The highest BCUT2D eigenvalue weighted by molar-refractivity contribution is 5.92. The van der Waals surface area contributed by atoms with Gasteiger partial charge in [0.05, 0.1) is 20.1 Å². The standard InChI is InChI=1S/C23H29N3O4/c1-16-6-4-8-21(24-16)25-23(28)18-7-5-13-26(15-18)22(27)12-9-17-14-19(29-2)10-11-20(17)30-3/h4,6,8,10-11,14,18H,5,7,9,12-13,15H2,1-3H3,(H,24,25,28). The van der Waals surface area contributed by atoms with Crippen LogP contribution in [-0.4, -0.2) is 49.0 Å². The molecular weight excluding hydrogens is 382 g/mol. The fourth-order valence-electron chi connectivity index (χ4n) is 3.74. The quantitative estimate of drug-likeness (QED) is 0.757. The first-order chi connectivity index (χ1) is 14.5. The maximum Gasteiger partial charge on any atom is 0.230 e. The maximum atomic E-state index is 12.8. The molecule has 160 valence electrons. The number of aromatic nitrogens is 1. The molecule has 7 nitrogen and oxygen atoms in total. The number of anilines is 1. The van der Waals surface area contributed by atoms with E-state index in [1.54, 1.807) is 25.2 Å². The van der Waals surface area contributed by atoms with Crippen molar-refractivity contribution in [3.63, 3.8) is 0 Å². The maximum absolute atomic E-state index is 12.8. The van der Waals surface area contributed by atoms with E-state index in [4.69, 9.17) is 9.47 Å². The number of aryl methyl sites for hydroxylation is 2. The topological polar surface area (TPSA) is 80.8 Å². The smallest absolute Gasteiger partial charge is 0.230 e. The molecule has 1 fully saturated rings. The highest BCUT2D eigenvalue weighted by Crippen LogP contribution is 2.26. The number of nitrogens with zero attached hydrogens (tertiary/aromatic N) is 2. The van der Waals surface area contributed by atoms with E-state index < -0.39 is 0 Å². The van der Waals surface area contributed by atoms with Gasteiger partial charge in [0.15, 0.2) is 0 Å². The minimum Gasteiger partial charge on any atom is -0.497 e. The largest absolute Gasteiger partial charge is 0.497 e. The van der Waals surface area contributed by atoms with E-state index in [-0.39, 0.29) is 17.7 Å². The molecule has 3 rings (SSSR count). The van der Waals surface area contributed by atoms with E-state index in [1.165, 1.54) is 0 Å². The van der Waals surface area contributed by atoms with Crippen molar-refractivity contribution in [2.24, 2.45) is 5.92 Å². The van der Waals surface area contributed by atoms with Crippen LogP contribution in [0.4, 0.5) is 5.82 Å². The number of likely N-dealkylation sites (tertiary alicyclic amines) is 1. The zero-order valence-electron chi connectivity index (χ0n) is 17.8. The summed E-state index contributed by atoms with van der Waals surface area (Å²) in [6, 6.07) is 11.1. The SMILES string of the molecule is COc1ccc(OC)c(CCC(=O)N2CCCC(C(=O)Nc3cccc(C)n3)C2)c1. The molecule has 1 saturated heterocycles. The summed E-state index contributed by atoms with van der Waals surface area (Å²) in [5.41, 5.74) is 1.78. The van der Waals surface area contributed by atoms with Gasteiger partial charge in [0, 0.05) is 25.2 Å². The number of hydrogen-bond acceptors (Lipinski definition) is 5. The van der Waals surface area contributed by atoms with Gasteiger partial charge in [0.25, 0.3) is 0 Å². The number of benzene rings is 1. The molecule has 2 amide bonds. The number of carbonyl (C=O) groups is 2. The number of amides is 2. The molecule has 0 saturated carbocycles. The predicted octanol–water partition coefficient (Wildman–Crippen LogP) is 3.22. The molecule has 1 unspecified atom stereocenters. The molecule has 0 radical (unpaired) electrons. The minimum absolute atomic E-state index is 0.0473. The van der Waals surface area contributed by atoms with Crippen molar-refractivity contribution in [1.29, 1.82) is 0 Å². The summed E-state index contributed by atoms with van der Waals surface area (Å²) in [6.45, 7) is 3.00. The Kier molecular flexibility index (Phi) is 7.27. The third kappa shape index (κ3) is 5.49. The molecule has 2 aromatic rings. The number of ether oxygens (including phenoxy) is 2. The lowest BCUT2D eigenvalue weighted by Crippen LogP contribution is -2.43. The molecular formula is C23H29N3O4. The van der Waals surface area contributed by atoms with E-state index in [0.29, 0.717) is 31.7 Å².